The Kier molecular flexibility index (Phi) is 3.40. The van der Waals surface area contributed by atoms with Crippen molar-refractivity contribution in [1.82, 2.24) is 0 Å². The largest absolute Gasteiger partial charge is 0.388 e. The highest BCUT2D eigenvalue weighted by atomic mass is 16.3. The van der Waals surface area contributed by atoms with Gasteiger partial charge in [0.2, 0.25) is 0 Å². The number of piperidine rings is 1. The van der Waals surface area contributed by atoms with Crippen molar-refractivity contribution in [3.05, 3.63) is 29.3 Å². The van der Waals surface area contributed by atoms with Crippen molar-refractivity contribution >= 4 is 5.69 Å². The van der Waals surface area contributed by atoms with E-state index in [1.807, 2.05) is 6.92 Å². The molecule has 3 N–H and O–H groups in total. The van der Waals surface area contributed by atoms with Crippen molar-refractivity contribution in [3.63, 3.8) is 0 Å². The lowest BCUT2D eigenvalue weighted by atomic mass is 9.94. The molecule has 3 nitrogen and oxygen atoms in total. The number of β-amino-alcohol motifs (C(OH)–C–C–N with tert-alkyl or cyclic N) is 1. The van der Waals surface area contributed by atoms with Crippen molar-refractivity contribution in [2.45, 2.75) is 38.8 Å². The minimum Gasteiger partial charge on any atom is -0.388 e. The molecule has 94 valence electrons. The number of anilines is 1. The number of hydrogen-bond donors (Lipinski definition) is 2. The Morgan fingerprint density at radius 2 is 2.24 bits per heavy atom. The number of nitrogens with zero attached hydrogens (tertiary/aromatic N) is 1. The molecule has 1 unspecified atom stereocenters. The number of benzene rings is 1. The van der Waals surface area contributed by atoms with Gasteiger partial charge in [-0.15, -0.1) is 0 Å². The van der Waals surface area contributed by atoms with Crippen LogP contribution in [0.15, 0.2) is 18.2 Å². The summed E-state index contributed by atoms with van der Waals surface area (Å²) in [6.07, 6.45) is 1.91. The lowest BCUT2D eigenvalue weighted by molar-refractivity contribution is 0.0449. The molecule has 1 atom stereocenters. The van der Waals surface area contributed by atoms with Crippen LogP contribution in [0, 0.1) is 6.92 Å². The van der Waals surface area contributed by atoms with Crippen molar-refractivity contribution in [3.8, 4) is 0 Å². The highest BCUT2D eigenvalue weighted by molar-refractivity contribution is 5.55. The number of aliphatic hydroxyl groups is 1. The van der Waals surface area contributed by atoms with E-state index in [1.54, 1.807) is 0 Å². The first-order valence-electron chi connectivity index (χ1n) is 6.29. The average Bonchev–Trinajstić information content (AvgIpc) is 2.27. The Balaban J connectivity index is 2.27. The molecule has 1 fully saturated rings. The first-order chi connectivity index (χ1) is 8.02. The minimum absolute atomic E-state index is 0.551. The minimum atomic E-state index is -0.574. The molecule has 0 saturated carbocycles. The molecular weight excluding hydrogens is 212 g/mol. The zero-order chi connectivity index (χ0) is 12.5. The molecule has 0 amide bonds. The van der Waals surface area contributed by atoms with Crippen LogP contribution in [-0.2, 0) is 6.54 Å². The van der Waals surface area contributed by atoms with E-state index in [2.05, 4.69) is 30.0 Å². The Morgan fingerprint density at radius 1 is 1.47 bits per heavy atom. The van der Waals surface area contributed by atoms with Crippen molar-refractivity contribution in [2.75, 3.05) is 18.0 Å². The molecular formula is C14H22N2O. The van der Waals surface area contributed by atoms with E-state index in [1.165, 1.54) is 16.8 Å². The molecule has 2 rings (SSSR count). The average molecular weight is 234 g/mol. The monoisotopic (exact) mass is 234 g/mol. The Labute approximate surface area is 103 Å². The molecule has 0 aromatic heterocycles. The van der Waals surface area contributed by atoms with E-state index in [0.717, 1.165) is 19.4 Å². The molecule has 1 aromatic carbocycles. The summed E-state index contributed by atoms with van der Waals surface area (Å²) in [5, 5.41) is 10.2. The van der Waals surface area contributed by atoms with Crippen LogP contribution in [0.3, 0.4) is 0 Å². The molecule has 3 heteroatoms. The van der Waals surface area contributed by atoms with Crippen molar-refractivity contribution in [2.24, 2.45) is 5.73 Å². The molecule has 1 aliphatic rings. The SMILES string of the molecule is Cc1ccc(N2CCCC(C)(O)C2)c(CN)c1. The quantitative estimate of drug-likeness (QED) is 0.820. The molecule has 0 bridgehead atoms. The van der Waals surface area contributed by atoms with Crippen LogP contribution >= 0.6 is 0 Å². The molecule has 1 aromatic rings. The van der Waals surface area contributed by atoms with Gasteiger partial charge < -0.3 is 15.7 Å². The summed E-state index contributed by atoms with van der Waals surface area (Å²) < 4.78 is 0. The van der Waals surface area contributed by atoms with Crippen LogP contribution in [0.25, 0.3) is 0 Å². The molecule has 1 aliphatic heterocycles. The van der Waals surface area contributed by atoms with E-state index in [4.69, 9.17) is 5.73 Å². The fourth-order valence-electron chi connectivity index (χ4n) is 2.61. The van der Waals surface area contributed by atoms with Gasteiger partial charge in [-0.25, -0.2) is 0 Å². The van der Waals surface area contributed by atoms with Gasteiger partial charge in [0.05, 0.1) is 5.60 Å². The molecule has 1 heterocycles. The fraction of sp³-hybridized carbons (Fsp3) is 0.571. The highest BCUT2D eigenvalue weighted by Crippen LogP contribution is 2.28. The Bertz CT molecular complexity index is 401. The third kappa shape index (κ3) is 2.79. The molecule has 0 radical (unpaired) electrons. The Hall–Kier alpha value is -1.06. The summed E-state index contributed by atoms with van der Waals surface area (Å²) in [7, 11) is 0. The fourth-order valence-corrected chi connectivity index (χ4v) is 2.61. The van der Waals surface area contributed by atoms with Gasteiger partial charge in [-0.1, -0.05) is 17.7 Å². The lowest BCUT2D eigenvalue weighted by Crippen LogP contribution is -2.46. The predicted octanol–water partition coefficient (Wildman–Crippen LogP) is 1.80. The topological polar surface area (TPSA) is 49.5 Å². The van der Waals surface area contributed by atoms with Gasteiger partial charge in [0.15, 0.2) is 0 Å². The molecule has 0 aliphatic carbocycles. The number of nitrogens with two attached hydrogens (primary N) is 1. The third-order valence-corrected chi connectivity index (χ3v) is 3.47. The third-order valence-electron chi connectivity index (χ3n) is 3.47. The van der Waals surface area contributed by atoms with Gasteiger partial charge in [-0.3, -0.25) is 0 Å². The van der Waals surface area contributed by atoms with E-state index in [-0.39, 0.29) is 0 Å². The summed E-state index contributed by atoms with van der Waals surface area (Å²) in [6.45, 7) is 6.25. The van der Waals surface area contributed by atoms with Gasteiger partial charge in [0.1, 0.15) is 0 Å². The Morgan fingerprint density at radius 3 is 2.88 bits per heavy atom. The number of aryl methyl sites for hydroxylation is 1. The normalized spacial score (nSPS) is 25.1. The maximum atomic E-state index is 10.2. The number of hydrogen-bond acceptors (Lipinski definition) is 3. The van der Waals surface area contributed by atoms with Gasteiger partial charge in [0.25, 0.3) is 0 Å². The van der Waals surface area contributed by atoms with Crippen LogP contribution in [0.5, 0.6) is 0 Å². The first kappa shape index (κ1) is 12.4. The maximum Gasteiger partial charge on any atom is 0.0794 e. The van der Waals surface area contributed by atoms with Crippen LogP contribution in [0.1, 0.15) is 30.9 Å². The van der Waals surface area contributed by atoms with E-state index >= 15 is 0 Å². The van der Waals surface area contributed by atoms with Crippen LogP contribution < -0.4 is 10.6 Å². The highest BCUT2D eigenvalue weighted by Gasteiger charge is 2.29. The summed E-state index contributed by atoms with van der Waals surface area (Å²) in [4.78, 5) is 2.26. The van der Waals surface area contributed by atoms with Crippen LogP contribution in [-0.4, -0.2) is 23.8 Å². The van der Waals surface area contributed by atoms with Gasteiger partial charge in [0, 0.05) is 25.3 Å². The van der Waals surface area contributed by atoms with E-state index in [0.29, 0.717) is 13.1 Å². The summed E-state index contributed by atoms with van der Waals surface area (Å²) in [5.41, 5.74) is 8.81. The molecule has 17 heavy (non-hydrogen) atoms. The lowest BCUT2D eigenvalue weighted by Gasteiger charge is -2.39. The summed E-state index contributed by atoms with van der Waals surface area (Å²) >= 11 is 0. The van der Waals surface area contributed by atoms with E-state index < -0.39 is 5.60 Å². The van der Waals surface area contributed by atoms with E-state index in [9.17, 15) is 5.11 Å². The summed E-state index contributed by atoms with van der Waals surface area (Å²) in [5.74, 6) is 0. The molecule has 1 saturated heterocycles. The predicted molar refractivity (Wildman–Crippen MR) is 71.1 cm³/mol. The second-order valence-electron chi connectivity index (χ2n) is 5.36. The van der Waals surface area contributed by atoms with Crippen LogP contribution in [0.2, 0.25) is 0 Å². The second-order valence-corrected chi connectivity index (χ2v) is 5.36. The zero-order valence-corrected chi connectivity index (χ0v) is 10.7. The molecule has 0 spiro atoms. The summed E-state index contributed by atoms with van der Waals surface area (Å²) in [6, 6.07) is 6.37. The smallest absolute Gasteiger partial charge is 0.0794 e. The maximum absolute atomic E-state index is 10.2. The van der Waals surface area contributed by atoms with Gasteiger partial charge in [-0.2, -0.15) is 0 Å². The van der Waals surface area contributed by atoms with Gasteiger partial charge >= 0.3 is 0 Å². The standard InChI is InChI=1S/C14H22N2O/c1-11-4-5-13(12(8-11)9-15)16-7-3-6-14(2,17)10-16/h4-5,8,17H,3,6-7,9-10,15H2,1-2H3. The number of rotatable bonds is 2. The first-order valence-corrected chi connectivity index (χ1v) is 6.29. The van der Waals surface area contributed by atoms with Gasteiger partial charge in [-0.05, 0) is 38.3 Å². The zero-order valence-electron chi connectivity index (χ0n) is 10.7. The van der Waals surface area contributed by atoms with Crippen molar-refractivity contribution < 1.29 is 5.11 Å². The second kappa shape index (κ2) is 4.67. The van der Waals surface area contributed by atoms with Crippen molar-refractivity contribution in [1.29, 1.82) is 0 Å². The van der Waals surface area contributed by atoms with Crippen LogP contribution in [0.4, 0.5) is 5.69 Å².